The average molecular weight is 397 g/mol. The molecule has 1 saturated heterocycles. The van der Waals surface area contributed by atoms with Crippen LogP contribution in [0.15, 0.2) is 24.3 Å². The van der Waals surface area contributed by atoms with Gasteiger partial charge in [0, 0.05) is 24.8 Å². The predicted molar refractivity (Wildman–Crippen MR) is 103 cm³/mol. The van der Waals surface area contributed by atoms with Gasteiger partial charge in [0.1, 0.15) is 0 Å². The second kappa shape index (κ2) is 9.29. The summed E-state index contributed by atoms with van der Waals surface area (Å²) in [6, 6.07) is 7.23. The monoisotopic (exact) mass is 397 g/mol. The first-order valence-electron chi connectivity index (χ1n) is 9.01. The van der Waals surface area contributed by atoms with Crippen LogP contribution in [0.25, 0.3) is 0 Å². The molecule has 150 valence electrons. The summed E-state index contributed by atoms with van der Waals surface area (Å²) in [7, 11) is -3.24. The minimum absolute atomic E-state index is 0.0502. The number of carboxylic acid groups (broad SMARTS) is 1. The largest absolute Gasteiger partial charge is 0.480 e. The molecule has 2 rings (SSSR count). The van der Waals surface area contributed by atoms with E-state index in [1.165, 1.54) is 4.31 Å². The van der Waals surface area contributed by atoms with Crippen LogP contribution in [0.1, 0.15) is 25.3 Å². The summed E-state index contributed by atoms with van der Waals surface area (Å²) < 4.78 is 25.4. The molecule has 1 aliphatic rings. The highest BCUT2D eigenvalue weighted by atomic mass is 32.2. The van der Waals surface area contributed by atoms with Gasteiger partial charge in [-0.1, -0.05) is 12.1 Å². The van der Waals surface area contributed by atoms with Crippen molar-refractivity contribution in [2.75, 3.05) is 37.2 Å². The number of aryl methyl sites for hydroxylation is 1. The molecule has 0 unspecified atom stereocenters. The number of carboxylic acids is 1. The number of piperidine rings is 1. The maximum absolute atomic E-state index is 12.4. The van der Waals surface area contributed by atoms with Crippen molar-refractivity contribution in [2.45, 2.75) is 32.7 Å². The fourth-order valence-electron chi connectivity index (χ4n) is 3.26. The van der Waals surface area contributed by atoms with E-state index in [0.29, 0.717) is 31.6 Å². The molecule has 1 amide bonds. The molecule has 1 fully saturated rings. The Hall–Kier alpha value is -1.97. The Balaban J connectivity index is 1.99. The summed E-state index contributed by atoms with van der Waals surface area (Å²) in [6.07, 6.45) is 1.01. The predicted octanol–water partition coefficient (Wildman–Crippen LogP) is 1.13. The molecule has 0 aromatic heterocycles. The number of nitrogens with zero attached hydrogens (tertiary/aromatic N) is 2. The van der Waals surface area contributed by atoms with Gasteiger partial charge in [-0.05, 0) is 44.4 Å². The van der Waals surface area contributed by atoms with Crippen LogP contribution in [0.4, 0.5) is 5.69 Å². The highest BCUT2D eigenvalue weighted by molar-refractivity contribution is 7.89. The summed E-state index contributed by atoms with van der Waals surface area (Å²) in [4.78, 5) is 25.2. The van der Waals surface area contributed by atoms with Gasteiger partial charge in [0.05, 0.1) is 18.8 Å². The molecule has 8 nitrogen and oxygen atoms in total. The van der Waals surface area contributed by atoms with E-state index >= 15 is 0 Å². The van der Waals surface area contributed by atoms with Crippen LogP contribution >= 0.6 is 0 Å². The summed E-state index contributed by atoms with van der Waals surface area (Å²) >= 11 is 0. The first-order chi connectivity index (χ1) is 12.7. The number of carbonyl (C=O) groups is 2. The topological polar surface area (TPSA) is 107 Å². The van der Waals surface area contributed by atoms with Crippen molar-refractivity contribution in [1.29, 1.82) is 0 Å². The zero-order chi connectivity index (χ0) is 20.0. The van der Waals surface area contributed by atoms with Gasteiger partial charge in [-0.25, -0.2) is 12.7 Å². The van der Waals surface area contributed by atoms with Crippen LogP contribution in [-0.2, 0) is 19.6 Å². The number of carbonyl (C=O) groups excluding carboxylic acids is 1. The number of aliphatic carboxylic acids is 1. The van der Waals surface area contributed by atoms with E-state index in [2.05, 4.69) is 5.32 Å². The van der Waals surface area contributed by atoms with E-state index in [1.54, 1.807) is 17.9 Å². The van der Waals surface area contributed by atoms with Crippen LogP contribution < -0.4 is 5.32 Å². The van der Waals surface area contributed by atoms with E-state index < -0.39 is 16.0 Å². The third-order valence-electron chi connectivity index (χ3n) is 4.68. The molecule has 0 radical (unpaired) electrons. The third kappa shape index (κ3) is 6.30. The Labute approximate surface area is 160 Å². The van der Waals surface area contributed by atoms with Crippen LogP contribution in [0.2, 0.25) is 0 Å². The number of rotatable bonds is 8. The molecule has 0 saturated carbocycles. The molecule has 1 heterocycles. The molecule has 0 bridgehead atoms. The maximum Gasteiger partial charge on any atom is 0.317 e. The van der Waals surface area contributed by atoms with Crippen molar-refractivity contribution in [3.63, 3.8) is 0 Å². The third-order valence-corrected chi connectivity index (χ3v) is 6.57. The second-order valence-electron chi connectivity index (χ2n) is 6.75. The van der Waals surface area contributed by atoms with E-state index in [0.717, 1.165) is 5.56 Å². The summed E-state index contributed by atoms with van der Waals surface area (Å²) in [5.74, 6) is -1.25. The minimum atomic E-state index is -3.24. The van der Waals surface area contributed by atoms with Crippen molar-refractivity contribution in [1.82, 2.24) is 9.21 Å². The zero-order valence-electron chi connectivity index (χ0n) is 15.7. The molecule has 0 atom stereocenters. The van der Waals surface area contributed by atoms with Gasteiger partial charge in [0.15, 0.2) is 0 Å². The molecule has 1 aliphatic heterocycles. The molecular formula is C18H27N3O5S. The molecular weight excluding hydrogens is 370 g/mol. The Bertz CT molecular complexity index is 773. The number of nitrogens with one attached hydrogen (secondary N) is 1. The van der Waals surface area contributed by atoms with Crippen LogP contribution in [0, 0.1) is 6.92 Å². The van der Waals surface area contributed by atoms with Gasteiger partial charge in [0.2, 0.25) is 15.9 Å². The Morgan fingerprint density at radius 3 is 2.48 bits per heavy atom. The zero-order valence-corrected chi connectivity index (χ0v) is 16.5. The average Bonchev–Trinajstić information content (AvgIpc) is 2.61. The molecule has 1 aromatic rings. The van der Waals surface area contributed by atoms with Crippen LogP contribution in [0.3, 0.4) is 0 Å². The van der Waals surface area contributed by atoms with Gasteiger partial charge >= 0.3 is 5.97 Å². The van der Waals surface area contributed by atoms with E-state index in [-0.39, 0.29) is 30.8 Å². The second-order valence-corrected chi connectivity index (χ2v) is 9.00. The number of amides is 1. The lowest BCUT2D eigenvalue weighted by molar-refractivity contribution is -0.139. The molecule has 27 heavy (non-hydrogen) atoms. The number of hydrogen-bond acceptors (Lipinski definition) is 5. The lowest BCUT2D eigenvalue weighted by atomic mass is 10.0. The summed E-state index contributed by atoms with van der Waals surface area (Å²) in [6.45, 7) is 3.91. The van der Waals surface area contributed by atoms with Crippen molar-refractivity contribution < 1.29 is 23.1 Å². The van der Waals surface area contributed by atoms with Crippen LogP contribution in [-0.4, -0.2) is 72.6 Å². The Morgan fingerprint density at radius 2 is 1.93 bits per heavy atom. The van der Waals surface area contributed by atoms with Crippen molar-refractivity contribution in [3.05, 3.63) is 29.8 Å². The fourth-order valence-corrected chi connectivity index (χ4v) is 4.40. The quantitative estimate of drug-likeness (QED) is 0.681. The number of anilines is 1. The fraction of sp³-hybridized carbons (Fsp3) is 0.556. The highest BCUT2D eigenvalue weighted by Gasteiger charge is 2.31. The normalized spacial score (nSPS) is 16.4. The van der Waals surface area contributed by atoms with Crippen molar-refractivity contribution in [3.8, 4) is 0 Å². The summed E-state index contributed by atoms with van der Waals surface area (Å²) in [5, 5.41) is 12.0. The SMILES string of the molecule is CCS(=O)(=O)N1CCC(N(CC(=O)O)CC(=O)Nc2cccc(C)c2)CC1. The Kier molecular flexibility index (Phi) is 7.34. The van der Waals surface area contributed by atoms with Crippen molar-refractivity contribution >= 4 is 27.6 Å². The van der Waals surface area contributed by atoms with E-state index in [9.17, 15) is 23.1 Å². The van der Waals surface area contributed by atoms with Gasteiger partial charge in [0.25, 0.3) is 0 Å². The molecule has 2 N–H and O–H groups in total. The number of sulfonamides is 1. The maximum atomic E-state index is 12.4. The number of hydrogen-bond donors (Lipinski definition) is 2. The van der Waals surface area contributed by atoms with Gasteiger partial charge in [-0.3, -0.25) is 14.5 Å². The Morgan fingerprint density at radius 1 is 1.26 bits per heavy atom. The molecule has 0 aliphatic carbocycles. The first kappa shape index (κ1) is 21.3. The molecule has 1 aromatic carbocycles. The summed E-state index contributed by atoms with van der Waals surface area (Å²) in [5.41, 5.74) is 1.68. The number of benzene rings is 1. The highest BCUT2D eigenvalue weighted by Crippen LogP contribution is 2.19. The lowest BCUT2D eigenvalue weighted by Crippen LogP contribution is -2.50. The lowest BCUT2D eigenvalue weighted by Gasteiger charge is -2.36. The van der Waals surface area contributed by atoms with Gasteiger partial charge < -0.3 is 10.4 Å². The van der Waals surface area contributed by atoms with Crippen molar-refractivity contribution in [2.24, 2.45) is 0 Å². The van der Waals surface area contributed by atoms with Gasteiger partial charge in [-0.15, -0.1) is 0 Å². The molecule has 0 spiro atoms. The van der Waals surface area contributed by atoms with Crippen LogP contribution in [0.5, 0.6) is 0 Å². The van der Waals surface area contributed by atoms with E-state index in [1.807, 2.05) is 25.1 Å². The minimum Gasteiger partial charge on any atom is -0.480 e. The van der Waals surface area contributed by atoms with Gasteiger partial charge in [-0.2, -0.15) is 0 Å². The standard InChI is InChI=1S/C18H27N3O5S/c1-3-27(25,26)21-9-7-16(8-10-21)20(13-18(23)24)12-17(22)19-15-6-4-5-14(2)11-15/h4-6,11,16H,3,7-10,12-13H2,1-2H3,(H,19,22)(H,23,24). The smallest absolute Gasteiger partial charge is 0.317 e. The first-order valence-corrected chi connectivity index (χ1v) is 10.6. The molecule has 9 heteroatoms. The van der Waals surface area contributed by atoms with E-state index in [4.69, 9.17) is 0 Å².